The Kier molecular flexibility index (Phi) is 4.00. The van der Waals surface area contributed by atoms with Crippen LogP contribution < -0.4 is 0 Å². The molecule has 2 bridgehead atoms. The van der Waals surface area contributed by atoms with E-state index in [-0.39, 0.29) is 17.9 Å². The van der Waals surface area contributed by atoms with E-state index in [1.165, 1.54) is 0 Å². The van der Waals surface area contributed by atoms with E-state index in [1.807, 2.05) is 65.2 Å². The molecular weight excluding hydrogens is 362 g/mol. The summed E-state index contributed by atoms with van der Waals surface area (Å²) in [6, 6.07) is 19.5. The zero-order valence-corrected chi connectivity index (χ0v) is 15.2. The van der Waals surface area contributed by atoms with Crippen LogP contribution in [0, 0.1) is 4.77 Å². The van der Waals surface area contributed by atoms with Crippen LogP contribution in [0.15, 0.2) is 60.7 Å². The highest BCUT2D eigenvalue weighted by Crippen LogP contribution is 2.34. The molecule has 2 fully saturated rings. The molecule has 0 amide bonds. The van der Waals surface area contributed by atoms with Crippen LogP contribution in [0.3, 0.4) is 0 Å². The minimum absolute atomic E-state index is 0.0637. The van der Waals surface area contributed by atoms with Crippen molar-refractivity contribution < 1.29 is 14.3 Å². The molecule has 0 radical (unpaired) electrons. The first-order chi connectivity index (χ1) is 13.2. The molecule has 5 rings (SSSR count). The van der Waals surface area contributed by atoms with Crippen LogP contribution >= 0.6 is 12.2 Å². The fourth-order valence-corrected chi connectivity index (χ4v) is 4.02. The SMILES string of the molecule is O=C1CC(n2nc(-c3ccccc3)n(-c3ccccc3)c2=S)C2COC1O2. The van der Waals surface area contributed by atoms with Gasteiger partial charge in [-0.1, -0.05) is 48.5 Å². The number of Topliss-reactive ketones (excluding diaryl/α,β-unsaturated/α-hetero) is 1. The highest BCUT2D eigenvalue weighted by molar-refractivity contribution is 7.71. The van der Waals surface area contributed by atoms with Crippen molar-refractivity contribution in [2.75, 3.05) is 6.61 Å². The average Bonchev–Trinajstić information content (AvgIpc) is 3.29. The standard InChI is InChI=1S/C20H17N3O3S/c24-16-11-15(17-12-25-19(16)26-17)23-20(27)22(14-9-5-2-6-10-14)18(21-23)13-7-3-1-4-8-13/h1-10,15,17,19H,11-12H2. The molecule has 3 atom stereocenters. The van der Waals surface area contributed by atoms with E-state index in [9.17, 15) is 4.79 Å². The summed E-state index contributed by atoms with van der Waals surface area (Å²) in [5.74, 6) is 0.673. The second-order valence-electron chi connectivity index (χ2n) is 6.67. The van der Waals surface area contributed by atoms with Crippen LogP contribution in [0.1, 0.15) is 12.5 Å². The summed E-state index contributed by atoms with van der Waals surface area (Å²) in [6.07, 6.45) is -0.642. The summed E-state index contributed by atoms with van der Waals surface area (Å²) < 4.78 is 15.4. The Hall–Kier alpha value is -2.61. The van der Waals surface area contributed by atoms with E-state index in [0.717, 1.165) is 17.1 Å². The van der Waals surface area contributed by atoms with E-state index in [2.05, 4.69) is 0 Å². The molecule has 1 aromatic heterocycles. The lowest BCUT2D eigenvalue weighted by molar-refractivity contribution is -0.156. The predicted octanol–water partition coefficient (Wildman–Crippen LogP) is 3.33. The molecule has 2 aromatic carbocycles. The number of benzene rings is 2. The largest absolute Gasteiger partial charge is 0.343 e. The van der Waals surface area contributed by atoms with Crippen LogP contribution in [-0.2, 0) is 14.3 Å². The summed E-state index contributed by atoms with van der Waals surface area (Å²) in [7, 11) is 0. The van der Waals surface area contributed by atoms with E-state index in [1.54, 1.807) is 4.68 Å². The number of ketones is 1. The van der Waals surface area contributed by atoms with E-state index < -0.39 is 6.29 Å². The first-order valence-electron chi connectivity index (χ1n) is 8.84. The van der Waals surface area contributed by atoms with Crippen molar-refractivity contribution in [3.63, 3.8) is 0 Å². The van der Waals surface area contributed by atoms with Gasteiger partial charge in [0, 0.05) is 17.7 Å². The van der Waals surface area contributed by atoms with Gasteiger partial charge in [-0.3, -0.25) is 9.36 Å². The molecule has 6 nitrogen and oxygen atoms in total. The third kappa shape index (κ3) is 2.75. The summed E-state index contributed by atoms with van der Waals surface area (Å²) >= 11 is 5.78. The van der Waals surface area contributed by atoms with Gasteiger partial charge in [0.25, 0.3) is 0 Å². The van der Waals surface area contributed by atoms with Crippen molar-refractivity contribution in [2.24, 2.45) is 0 Å². The van der Waals surface area contributed by atoms with Crippen LogP contribution in [0.25, 0.3) is 17.1 Å². The number of rotatable bonds is 3. The van der Waals surface area contributed by atoms with Gasteiger partial charge in [0.1, 0.15) is 6.10 Å². The Morgan fingerprint density at radius 3 is 2.48 bits per heavy atom. The third-order valence-electron chi connectivity index (χ3n) is 4.97. The predicted molar refractivity (Wildman–Crippen MR) is 101 cm³/mol. The summed E-state index contributed by atoms with van der Waals surface area (Å²) in [6.45, 7) is 0.377. The minimum Gasteiger partial charge on any atom is -0.343 e. The molecule has 3 unspecified atom stereocenters. The Morgan fingerprint density at radius 1 is 1.04 bits per heavy atom. The molecule has 0 spiro atoms. The van der Waals surface area contributed by atoms with Gasteiger partial charge in [0.15, 0.2) is 11.6 Å². The smallest absolute Gasteiger partial charge is 0.218 e. The molecule has 27 heavy (non-hydrogen) atoms. The molecule has 0 saturated carbocycles. The van der Waals surface area contributed by atoms with Crippen molar-refractivity contribution >= 4 is 18.0 Å². The molecule has 3 aromatic rings. The van der Waals surface area contributed by atoms with Gasteiger partial charge in [-0.2, -0.15) is 5.10 Å². The normalized spacial score (nSPS) is 24.3. The molecule has 0 N–H and O–H groups in total. The topological polar surface area (TPSA) is 58.3 Å². The van der Waals surface area contributed by atoms with Gasteiger partial charge in [-0.05, 0) is 24.4 Å². The fraction of sp³-hybridized carbons (Fsp3) is 0.250. The van der Waals surface area contributed by atoms with E-state index in [0.29, 0.717) is 17.8 Å². The van der Waals surface area contributed by atoms with Gasteiger partial charge in [-0.25, -0.2) is 4.68 Å². The molecule has 2 aliphatic heterocycles. The molecule has 2 saturated heterocycles. The Bertz CT molecular complexity index is 1050. The number of hydrogen-bond donors (Lipinski definition) is 0. The van der Waals surface area contributed by atoms with Crippen LogP contribution in [0.5, 0.6) is 0 Å². The molecule has 7 heteroatoms. The highest BCUT2D eigenvalue weighted by atomic mass is 32.1. The number of nitrogens with zero attached hydrogens (tertiary/aromatic N) is 3. The number of carbonyl (C=O) groups is 1. The second kappa shape index (κ2) is 6.53. The average molecular weight is 379 g/mol. The Labute approximate surface area is 161 Å². The van der Waals surface area contributed by atoms with Gasteiger partial charge in [0.2, 0.25) is 11.1 Å². The number of aromatic nitrogens is 3. The lowest BCUT2D eigenvalue weighted by Gasteiger charge is -2.26. The van der Waals surface area contributed by atoms with E-state index >= 15 is 0 Å². The maximum Gasteiger partial charge on any atom is 0.218 e. The van der Waals surface area contributed by atoms with Crippen molar-refractivity contribution in [1.82, 2.24) is 14.3 Å². The van der Waals surface area contributed by atoms with Crippen LogP contribution in [0.2, 0.25) is 0 Å². The monoisotopic (exact) mass is 379 g/mol. The van der Waals surface area contributed by atoms with Crippen LogP contribution in [0.4, 0.5) is 0 Å². The maximum absolute atomic E-state index is 12.2. The number of carbonyl (C=O) groups excluding carboxylic acids is 1. The Morgan fingerprint density at radius 2 is 1.74 bits per heavy atom. The zero-order valence-electron chi connectivity index (χ0n) is 14.4. The van der Waals surface area contributed by atoms with E-state index in [4.69, 9.17) is 26.8 Å². The Balaban J connectivity index is 1.69. The minimum atomic E-state index is -0.731. The first-order valence-corrected chi connectivity index (χ1v) is 9.25. The number of ether oxygens (including phenoxy) is 2. The summed E-state index contributed by atoms with van der Waals surface area (Å²) in [5.41, 5.74) is 1.88. The molecule has 2 aliphatic rings. The lowest BCUT2D eigenvalue weighted by atomic mass is 10.0. The number of para-hydroxylation sites is 1. The number of fused-ring (bicyclic) bond motifs is 2. The van der Waals surface area contributed by atoms with Gasteiger partial charge >= 0.3 is 0 Å². The second-order valence-corrected chi connectivity index (χ2v) is 7.03. The molecular formula is C20H17N3O3S. The fourth-order valence-electron chi connectivity index (χ4n) is 3.65. The molecule has 0 aliphatic carbocycles. The van der Waals surface area contributed by atoms with Crippen molar-refractivity contribution in [2.45, 2.75) is 24.9 Å². The zero-order chi connectivity index (χ0) is 18.4. The van der Waals surface area contributed by atoms with Crippen molar-refractivity contribution in [1.29, 1.82) is 0 Å². The van der Waals surface area contributed by atoms with Crippen LogP contribution in [-0.4, -0.2) is 39.1 Å². The van der Waals surface area contributed by atoms with Crippen molar-refractivity contribution in [3.05, 3.63) is 65.4 Å². The molecule has 136 valence electrons. The molecule has 3 heterocycles. The number of hydrogen-bond acceptors (Lipinski definition) is 5. The lowest BCUT2D eigenvalue weighted by Crippen LogP contribution is -2.37. The summed E-state index contributed by atoms with van der Waals surface area (Å²) in [4.78, 5) is 12.2. The van der Waals surface area contributed by atoms with Gasteiger partial charge in [0.05, 0.1) is 12.6 Å². The van der Waals surface area contributed by atoms with Gasteiger partial charge < -0.3 is 9.47 Å². The van der Waals surface area contributed by atoms with Gasteiger partial charge in [-0.15, -0.1) is 0 Å². The summed E-state index contributed by atoms with van der Waals surface area (Å²) in [5, 5.41) is 4.82. The highest BCUT2D eigenvalue weighted by Gasteiger charge is 2.45. The maximum atomic E-state index is 12.2. The first kappa shape index (κ1) is 16.6. The quantitative estimate of drug-likeness (QED) is 0.654. The third-order valence-corrected chi connectivity index (χ3v) is 5.34. The van der Waals surface area contributed by atoms with Crippen molar-refractivity contribution in [3.8, 4) is 17.1 Å².